The number of thiophene rings is 1. The van der Waals surface area contributed by atoms with Crippen LogP contribution < -0.4 is 5.32 Å². The fourth-order valence-electron chi connectivity index (χ4n) is 3.21. The minimum Gasteiger partial charge on any atom is -0.338 e. The molecule has 1 atom stereocenters. The van der Waals surface area contributed by atoms with Crippen LogP contribution in [0.2, 0.25) is 0 Å². The highest BCUT2D eigenvalue weighted by Crippen LogP contribution is 2.29. The van der Waals surface area contributed by atoms with Crippen molar-refractivity contribution in [2.75, 3.05) is 26.2 Å². The summed E-state index contributed by atoms with van der Waals surface area (Å²) in [6.45, 7) is 4.25. The van der Waals surface area contributed by atoms with E-state index in [-0.39, 0.29) is 5.91 Å². The third-order valence-corrected chi connectivity index (χ3v) is 5.18. The van der Waals surface area contributed by atoms with Crippen LogP contribution >= 0.6 is 11.3 Å². The molecule has 0 radical (unpaired) electrons. The van der Waals surface area contributed by atoms with E-state index in [1.165, 1.54) is 32.4 Å². The van der Waals surface area contributed by atoms with Gasteiger partial charge in [0.25, 0.3) is 5.91 Å². The van der Waals surface area contributed by atoms with Gasteiger partial charge < -0.3 is 10.2 Å². The van der Waals surface area contributed by atoms with Crippen molar-refractivity contribution in [3.63, 3.8) is 0 Å². The number of piperidine rings is 1. The Morgan fingerprint density at radius 1 is 1.28 bits per heavy atom. The lowest BCUT2D eigenvalue weighted by atomic mass is 9.84. The van der Waals surface area contributed by atoms with Gasteiger partial charge in [-0.3, -0.25) is 4.79 Å². The number of rotatable bonds is 2. The summed E-state index contributed by atoms with van der Waals surface area (Å²) >= 11 is 1.55. The fourth-order valence-corrected chi connectivity index (χ4v) is 3.90. The van der Waals surface area contributed by atoms with Gasteiger partial charge in [0.15, 0.2) is 0 Å². The van der Waals surface area contributed by atoms with Crippen molar-refractivity contribution in [1.29, 1.82) is 0 Å². The summed E-state index contributed by atoms with van der Waals surface area (Å²) in [5, 5.41) is 5.42. The van der Waals surface area contributed by atoms with Gasteiger partial charge in [-0.25, -0.2) is 0 Å². The maximum atomic E-state index is 12.2. The maximum Gasteiger partial charge on any atom is 0.263 e. The molecule has 2 aliphatic rings. The maximum absolute atomic E-state index is 12.2. The Labute approximate surface area is 112 Å². The van der Waals surface area contributed by atoms with Crippen LogP contribution in [0.4, 0.5) is 0 Å². The summed E-state index contributed by atoms with van der Waals surface area (Å²) in [5.41, 5.74) is 0. The summed E-state index contributed by atoms with van der Waals surface area (Å²) in [7, 11) is 0. The highest BCUT2D eigenvalue weighted by Gasteiger charge is 2.30. The lowest BCUT2D eigenvalue weighted by molar-refractivity contribution is 0.0668. The van der Waals surface area contributed by atoms with E-state index in [9.17, 15) is 4.79 Å². The molecule has 2 fully saturated rings. The van der Waals surface area contributed by atoms with Gasteiger partial charge in [0, 0.05) is 13.1 Å². The normalized spacial score (nSPS) is 25.6. The van der Waals surface area contributed by atoms with E-state index in [4.69, 9.17) is 0 Å². The molecule has 0 bridgehead atoms. The highest BCUT2D eigenvalue weighted by atomic mass is 32.1. The van der Waals surface area contributed by atoms with Gasteiger partial charge in [-0.1, -0.05) is 6.07 Å². The Morgan fingerprint density at radius 2 is 2.11 bits per heavy atom. The topological polar surface area (TPSA) is 32.3 Å². The van der Waals surface area contributed by atoms with E-state index in [1.54, 1.807) is 11.3 Å². The molecule has 0 aromatic carbocycles. The third-order valence-electron chi connectivity index (χ3n) is 4.32. The number of nitrogens with one attached hydrogen (secondary N) is 1. The molecule has 1 aromatic rings. The molecule has 18 heavy (non-hydrogen) atoms. The Morgan fingerprint density at radius 3 is 2.72 bits per heavy atom. The van der Waals surface area contributed by atoms with E-state index in [0.29, 0.717) is 0 Å². The number of likely N-dealkylation sites (tertiary alicyclic amines) is 1. The van der Waals surface area contributed by atoms with Crippen molar-refractivity contribution in [1.82, 2.24) is 10.2 Å². The monoisotopic (exact) mass is 264 g/mol. The van der Waals surface area contributed by atoms with E-state index < -0.39 is 0 Å². The molecule has 3 heterocycles. The van der Waals surface area contributed by atoms with E-state index in [0.717, 1.165) is 29.8 Å². The van der Waals surface area contributed by atoms with Gasteiger partial charge in [0.2, 0.25) is 0 Å². The first-order chi connectivity index (χ1) is 8.84. The molecule has 3 nitrogen and oxygen atoms in total. The summed E-state index contributed by atoms with van der Waals surface area (Å²) < 4.78 is 0. The van der Waals surface area contributed by atoms with Crippen LogP contribution in [0.5, 0.6) is 0 Å². The molecule has 1 amide bonds. The summed E-state index contributed by atoms with van der Waals surface area (Å²) in [4.78, 5) is 15.1. The first kappa shape index (κ1) is 12.2. The van der Waals surface area contributed by atoms with E-state index in [2.05, 4.69) is 5.32 Å². The molecule has 3 rings (SSSR count). The highest BCUT2D eigenvalue weighted by molar-refractivity contribution is 7.12. The van der Waals surface area contributed by atoms with Crippen LogP contribution in [0.15, 0.2) is 17.5 Å². The van der Waals surface area contributed by atoms with Gasteiger partial charge in [0.1, 0.15) is 0 Å². The van der Waals surface area contributed by atoms with Gasteiger partial charge >= 0.3 is 0 Å². The Kier molecular flexibility index (Phi) is 3.66. The summed E-state index contributed by atoms with van der Waals surface area (Å²) in [5.74, 6) is 1.91. The average Bonchev–Trinajstić information content (AvgIpc) is 3.11. The smallest absolute Gasteiger partial charge is 0.263 e. The predicted octanol–water partition coefficient (Wildman–Crippen LogP) is 2.21. The Bertz CT molecular complexity index is 390. The largest absolute Gasteiger partial charge is 0.338 e. The predicted molar refractivity (Wildman–Crippen MR) is 73.9 cm³/mol. The van der Waals surface area contributed by atoms with Crippen LogP contribution in [-0.4, -0.2) is 37.0 Å². The summed E-state index contributed by atoms with van der Waals surface area (Å²) in [6, 6.07) is 3.88. The van der Waals surface area contributed by atoms with Crippen molar-refractivity contribution >= 4 is 17.2 Å². The molecule has 0 saturated carbocycles. The van der Waals surface area contributed by atoms with Gasteiger partial charge in [0.05, 0.1) is 4.88 Å². The van der Waals surface area contributed by atoms with Crippen molar-refractivity contribution in [3.8, 4) is 0 Å². The van der Waals surface area contributed by atoms with Crippen molar-refractivity contribution in [2.24, 2.45) is 11.8 Å². The fraction of sp³-hybridized carbons (Fsp3) is 0.643. The Balaban J connectivity index is 1.55. The number of amides is 1. The standard InChI is InChI=1S/C14H20N2OS/c17-14(13-2-1-9-18-13)16-7-4-11(5-8-16)12-3-6-15-10-12/h1-2,9,11-12,15H,3-8,10H2. The van der Waals surface area contributed by atoms with Crippen LogP contribution in [0.1, 0.15) is 28.9 Å². The SMILES string of the molecule is O=C(c1cccs1)N1CCC(C2CCNC2)CC1. The molecule has 4 heteroatoms. The zero-order valence-electron chi connectivity index (χ0n) is 10.6. The second-order valence-electron chi connectivity index (χ2n) is 5.36. The molecule has 0 spiro atoms. The minimum absolute atomic E-state index is 0.230. The molecule has 2 saturated heterocycles. The average molecular weight is 264 g/mol. The first-order valence-corrected chi connectivity index (χ1v) is 7.76. The van der Waals surface area contributed by atoms with Crippen molar-refractivity contribution < 1.29 is 4.79 Å². The second kappa shape index (κ2) is 5.41. The van der Waals surface area contributed by atoms with Gasteiger partial charge in [-0.05, 0) is 55.6 Å². The van der Waals surface area contributed by atoms with Gasteiger partial charge in [-0.2, -0.15) is 0 Å². The molecule has 98 valence electrons. The number of hydrogen-bond acceptors (Lipinski definition) is 3. The molecule has 1 aromatic heterocycles. The van der Waals surface area contributed by atoms with Gasteiger partial charge in [-0.15, -0.1) is 11.3 Å². The van der Waals surface area contributed by atoms with Crippen LogP contribution in [0.3, 0.4) is 0 Å². The zero-order valence-corrected chi connectivity index (χ0v) is 11.4. The number of carbonyl (C=O) groups is 1. The number of nitrogens with zero attached hydrogens (tertiary/aromatic N) is 1. The van der Waals surface area contributed by atoms with Crippen molar-refractivity contribution in [3.05, 3.63) is 22.4 Å². The van der Waals surface area contributed by atoms with Crippen LogP contribution in [0.25, 0.3) is 0 Å². The van der Waals surface area contributed by atoms with Crippen LogP contribution in [-0.2, 0) is 0 Å². The van der Waals surface area contributed by atoms with E-state index in [1.807, 2.05) is 22.4 Å². The first-order valence-electron chi connectivity index (χ1n) is 6.88. The third kappa shape index (κ3) is 2.45. The molecule has 2 aliphatic heterocycles. The quantitative estimate of drug-likeness (QED) is 0.888. The molecular formula is C14H20N2OS. The summed E-state index contributed by atoms with van der Waals surface area (Å²) in [6.07, 6.45) is 3.69. The molecule has 1 N–H and O–H groups in total. The Hall–Kier alpha value is -0.870. The lowest BCUT2D eigenvalue weighted by Crippen LogP contribution is -2.40. The molecule has 0 aliphatic carbocycles. The van der Waals surface area contributed by atoms with Crippen molar-refractivity contribution in [2.45, 2.75) is 19.3 Å². The van der Waals surface area contributed by atoms with Crippen LogP contribution in [0, 0.1) is 11.8 Å². The molecule has 1 unspecified atom stereocenters. The molecular weight excluding hydrogens is 244 g/mol. The number of hydrogen-bond donors (Lipinski definition) is 1. The van der Waals surface area contributed by atoms with E-state index >= 15 is 0 Å². The zero-order chi connectivity index (χ0) is 12.4. The number of carbonyl (C=O) groups excluding carboxylic acids is 1. The lowest BCUT2D eigenvalue weighted by Gasteiger charge is -2.34. The minimum atomic E-state index is 0.230. The second-order valence-corrected chi connectivity index (χ2v) is 6.31.